The van der Waals surface area contributed by atoms with E-state index in [9.17, 15) is 9.59 Å². The summed E-state index contributed by atoms with van der Waals surface area (Å²) in [4.78, 5) is 24.8. The van der Waals surface area contributed by atoms with E-state index in [-0.39, 0.29) is 24.7 Å². The second kappa shape index (κ2) is 8.09. The molecule has 0 unspecified atom stereocenters. The molecule has 3 aromatic heterocycles. The Kier molecular flexibility index (Phi) is 5.60. The van der Waals surface area contributed by atoms with Crippen molar-refractivity contribution in [1.82, 2.24) is 24.9 Å². The lowest BCUT2D eigenvalue weighted by Crippen LogP contribution is -2.26. The summed E-state index contributed by atoms with van der Waals surface area (Å²) in [6.07, 6.45) is 4.71. The number of anilines is 1. The van der Waals surface area contributed by atoms with Crippen LogP contribution in [0, 0.1) is 6.92 Å². The highest BCUT2D eigenvalue weighted by molar-refractivity contribution is 6.31. The molecule has 9 nitrogen and oxygen atoms in total. The molecular weight excluding hydrogens is 372 g/mol. The first-order valence-corrected chi connectivity index (χ1v) is 8.71. The van der Waals surface area contributed by atoms with Crippen molar-refractivity contribution in [2.75, 3.05) is 5.32 Å². The molecule has 142 valence electrons. The Morgan fingerprint density at radius 2 is 2.07 bits per heavy atom. The molecule has 2 N–H and O–H groups in total. The predicted molar refractivity (Wildman–Crippen MR) is 98.4 cm³/mol. The van der Waals surface area contributed by atoms with Crippen molar-refractivity contribution >= 4 is 29.1 Å². The lowest BCUT2D eigenvalue weighted by molar-refractivity contribution is -0.116. The van der Waals surface area contributed by atoms with Gasteiger partial charge in [-0.15, -0.1) is 0 Å². The zero-order chi connectivity index (χ0) is 19.4. The summed E-state index contributed by atoms with van der Waals surface area (Å²) in [6, 6.07) is 3.49. The fraction of sp³-hybridized carbons (Fsp3) is 0.294. The smallest absolute Gasteiger partial charge is 0.274 e. The lowest BCUT2D eigenvalue weighted by Gasteiger charge is -2.06. The van der Waals surface area contributed by atoms with Crippen LogP contribution in [-0.2, 0) is 24.4 Å². The van der Waals surface area contributed by atoms with Crippen LogP contribution in [0.3, 0.4) is 0 Å². The third-order valence-electron chi connectivity index (χ3n) is 3.77. The van der Waals surface area contributed by atoms with Gasteiger partial charge in [0.1, 0.15) is 12.3 Å². The van der Waals surface area contributed by atoms with Gasteiger partial charge in [-0.2, -0.15) is 10.2 Å². The molecule has 0 aliphatic carbocycles. The number of hydrogen-bond acceptors (Lipinski definition) is 5. The van der Waals surface area contributed by atoms with Crippen molar-refractivity contribution in [2.24, 2.45) is 0 Å². The van der Waals surface area contributed by atoms with Crippen molar-refractivity contribution in [3.8, 4) is 0 Å². The highest BCUT2D eigenvalue weighted by Crippen LogP contribution is 2.16. The Hall–Kier alpha value is -3.07. The van der Waals surface area contributed by atoms with Gasteiger partial charge in [0.15, 0.2) is 5.69 Å². The monoisotopic (exact) mass is 390 g/mol. The van der Waals surface area contributed by atoms with E-state index in [1.54, 1.807) is 36.1 Å². The molecule has 0 saturated heterocycles. The summed E-state index contributed by atoms with van der Waals surface area (Å²) in [5.41, 5.74) is 1.10. The van der Waals surface area contributed by atoms with Gasteiger partial charge in [-0.3, -0.25) is 19.0 Å². The molecule has 2 amide bonds. The van der Waals surface area contributed by atoms with Gasteiger partial charge in [0.25, 0.3) is 5.91 Å². The molecule has 0 aromatic carbocycles. The van der Waals surface area contributed by atoms with Crippen LogP contribution >= 0.6 is 11.6 Å². The quantitative estimate of drug-likeness (QED) is 0.643. The molecule has 3 heterocycles. The van der Waals surface area contributed by atoms with Gasteiger partial charge in [0, 0.05) is 18.9 Å². The van der Waals surface area contributed by atoms with Crippen LogP contribution in [0.4, 0.5) is 5.69 Å². The predicted octanol–water partition coefficient (Wildman–Crippen LogP) is 2.22. The van der Waals surface area contributed by atoms with Gasteiger partial charge in [0.05, 0.1) is 29.2 Å². The van der Waals surface area contributed by atoms with Crippen molar-refractivity contribution in [2.45, 2.75) is 33.5 Å². The second-order valence-electron chi connectivity index (χ2n) is 5.82. The van der Waals surface area contributed by atoms with E-state index in [4.69, 9.17) is 16.0 Å². The molecule has 0 fully saturated rings. The van der Waals surface area contributed by atoms with Crippen molar-refractivity contribution < 1.29 is 14.0 Å². The van der Waals surface area contributed by atoms with Crippen molar-refractivity contribution in [3.63, 3.8) is 0 Å². The highest BCUT2D eigenvalue weighted by atomic mass is 35.5. The molecular formula is C17H19ClN6O3. The minimum Gasteiger partial charge on any atom is -0.467 e. The number of furan rings is 1. The molecule has 10 heteroatoms. The van der Waals surface area contributed by atoms with Gasteiger partial charge in [-0.05, 0) is 26.0 Å². The second-order valence-corrected chi connectivity index (χ2v) is 6.22. The fourth-order valence-corrected chi connectivity index (χ4v) is 2.57. The highest BCUT2D eigenvalue weighted by Gasteiger charge is 2.19. The molecule has 0 saturated carbocycles. The molecule has 0 spiro atoms. The number of carbonyl (C=O) groups excluding carboxylic acids is 2. The maximum atomic E-state index is 12.5. The first-order valence-electron chi connectivity index (χ1n) is 8.33. The Labute approximate surface area is 160 Å². The Bertz CT molecular complexity index is 925. The van der Waals surface area contributed by atoms with Crippen LogP contribution < -0.4 is 10.6 Å². The molecule has 0 atom stereocenters. The van der Waals surface area contributed by atoms with E-state index in [1.165, 1.54) is 10.9 Å². The zero-order valence-corrected chi connectivity index (χ0v) is 15.7. The third kappa shape index (κ3) is 4.56. The van der Waals surface area contributed by atoms with Gasteiger partial charge < -0.3 is 15.1 Å². The first-order chi connectivity index (χ1) is 13.0. The summed E-state index contributed by atoms with van der Waals surface area (Å²) in [5.74, 6) is -0.133. The van der Waals surface area contributed by atoms with E-state index in [2.05, 4.69) is 20.8 Å². The number of rotatable bonds is 7. The van der Waals surface area contributed by atoms with E-state index in [0.29, 0.717) is 28.7 Å². The molecule has 0 bridgehead atoms. The Balaban J connectivity index is 1.69. The molecule has 0 radical (unpaired) electrons. The average Bonchev–Trinajstić information content (AvgIpc) is 3.34. The summed E-state index contributed by atoms with van der Waals surface area (Å²) in [5, 5.41) is 14.3. The van der Waals surface area contributed by atoms with Crippen LogP contribution in [0.5, 0.6) is 0 Å². The molecule has 3 rings (SSSR count). The van der Waals surface area contributed by atoms with Crippen LogP contribution in [0.1, 0.15) is 28.9 Å². The van der Waals surface area contributed by atoms with E-state index in [1.807, 2.05) is 6.92 Å². The van der Waals surface area contributed by atoms with Gasteiger partial charge in [0.2, 0.25) is 5.91 Å². The first kappa shape index (κ1) is 18.7. The van der Waals surface area contributed by atoms with Crippen LogP contribution in [0.25, 0.3) is 0 Å². The Morgan fingerprint density at radius 3 is 2.70 bits per heavy atom. The van der Waals surface area contributed by atoms with Crippen LogP contribution in [0.15, 0.2) is 35.2 Å². The third-order valence-corrected chi connectivity index (χ3v) is 4.14. The molecule has 3 aromatic rings. The molecule has 27 heavy (non-hydrogen) atoms. The topological polar surface area (TPSA) is 107 Å². The summed E-state index contributed by atoms with van der Waals surface area (Å²) < 4.78 is 8.20. The number of hydrogen-bond donors (Lipinski definition) is 2. The van der Waals surface area contributed by atoms with Crippen molar-refractivity contribution in [3.05, 3.63) is 53.0 Å². The maximum absolute atomic E-state index is 12.5. The number of aromatic nitrogens is 4. The molecule has 0 aliphatic heterocycles. The summed E-state index contributed by atoms with van der Waals surface area (Å²) in [7, 11) is 0. The normalized spacial score (nSPS) is 10.8. The number of amides is 2. The average molecular weight is 391 g/mol. The Morgan fingerprint density at radius 1 is 1.26 bits per heavy atom. The van der Waals surface area contributed by atoms with E-state index in [0.717, 1.165) is 0 Å². The number of aryl methyl sites for hydroxylation is 2. The fourth-order valence-electron chi connectivity index (χ4n) is 2.42. The lowest BCUT2D eigenvalue weighted by atomic mass is 10.3. The van der Waals surface area contributed by atoms with Gasteiger partial charge in [-0.1, -0.05) is 11.6 Å². The minimum absolute atomic E-state index is 0.0294. The number of nitrogens with zero attached hydrogens (tertiary/aromatic N) is 4. The number of carbonyl (C=O) groups is 2. The van der Waals surface area contributed by atoms with Crippen molar-refractivity contribution in [1.29, 1.82) is 0 Å². The van der Waals surface area contributed by atoms with Gasteiger partial charge in [-0.25, -0.2) is 0 Å². The summed E-state index contributed by atoms with van der Waals surface area (Å²) >= 11 is 5.95. The number of halogens is 1. The van der Waals surface area contributed by atoms with E-state index < -0.39 is 5.91 Å². The number of nitrogens with one attached hydrogen (secondary N) is 2. The standard InChI is InChI=1S/C17H19ClN6O3/c1-3-23-9-14(20-15(25)10-24-8-13(18)11(2)21-24)16(22-23)17(26)19-7-12-5-4-6-27-12/h4-6,8-9H,3,7,10H2,1-2H3,(H,19,26)(H,20,25). The maximum Gasteiger partial charge on any atom is 0.274 e. The minimum atomic E-state index is -0.410. The zero-order valence-electron chi connectivity index (χ0n) is 14.9. The van der Waals surface area contributed by atoms with E-state index >= 15 is 0 Å². The largest absolute Gasteiger partial charge is 0.467 e. The van der Waals surface area contributed by atoms with Crippen LogP contribution in [0.2, 0.25) is 5.02 Å². The van der Waals surface area contributed by atoms with Gasteiger partial charge >= 0.3 is 0 Å². The van der Waals surface area contributed by atoms with Crippen LogP contribution in [-0.4, -0.2) is 31.4 Å². The summed E-state index contributed by atoms with van der Waals surface area (Å²) in [6.45, 7) is 4.39. The molecule has 0 aliphatic rings. The SMILES string of the molecule is CCn1cc(NC(=O)Cn2cc(Cl)c(C)n2)c(C(=O)NCc2ccco2)n1.